The first-order valence-electron chi connectivity index (χ1n) is 6.64. The Morgan fingerprint density at radius 3 is 1.82 bits per heavy atom. The van der Waals surface area contributed by atoms with Crippen molar-refractivity contribution >= 4 is 0 Å². The summed E-state index contributed by atoms with van der Waals surface area (Å²) >= 11 is 0. The van der Waals surface area contributed by atoms with Crippen molar-refractivity contribution in [3.63, 3.8) is 0 Å². The summed E-state index contributed by atoms with van der Waals surface area (Å²) < 4.78 is 0. The van der Waals surface area contributed by atoms with Gasteiger partial charge >= 0.3 is 0 Å². The third-order valence-electron chi connectivity index (χ3n) is 3.62. The van der Waals surface area contributed by atoms with Crippen molar-refractivity contribution in [2.24, 2.45) is 0 Å². The van der Waals surface area contributed by atoms with Gasteiger partial charge in [-0.15, -0.1) is 0 Å². The zero-order valence-electron chi connectivity index (χ0n) is 12.4. The summed E-state index contributed by atoms with van der Waals surface area (Å²) in [6, 6.07) is 7.47. The van der Waals surface area contributed by atoms with E-state index in [2.05, 4.69) is 71.8 Å². The monoisotopic (exact) mass is 233 g/mol. The minimum absolute atomic E-state index is 0.478. The van der Waals surface area contributed by atoms with Crippen LogP contribution in [0.3, 0.4) is 0 Å². The van der Waals surface area contributed by atoms with Gasteiger partial charge in [-0.2, -0.15) is 0 Å². The fourth-order valence-electron chi connectivity index (χ4n) is 2.12. The van der Waals surface area contributed by atoms with Crippen LogP contribution in [0.15, 0.2) is 18.2 Å². The van der Waals surface area contributed by atoms with Crippen molar-refractivity contribution in [2.75, 3.05) is 14.1 Å². The van der Waals surface area contributed by atoms with Gasteiger partial charge in [0.05, 0.1) is 0 Å². The molecule has 1 unspecified atom stereocenters. The van der Waals surface area contributed by atoms with Crippen molar-refractivity contribution in [3.05, 3.63) is 34.9 Å². The number of nitrogens with zero attached hydrogens (tertiary/aromatic N) is 1. The second kappa shape index (κ2) is 5.68. The Labute approximate surface area is 107 Å². The molecule has 1 atom stereocenters. The molecule has 1 aromatic carbocycles. The summed E-state index contributed by atoms with van der Waals surface area (Å²) in [5.74, 6) is 1.19. The predicted octanol–water partition coefficient (Wildman–Crippen LogP) is 4.56. The third kappa shape index (κ3) is 3.32. The van der Waals surface area contributed by atoms with Crippen molar-refractivity contribution < 1.29 is 0 Å². The minimum Gasteiger partial charge on any atom is -0.303 e. The van der Waals surface area contributed by atoms with Crippen LogP contribution in [0.2, 0.25) is 0 Å². The van der Waals surface area contributed by atoms with Gasteiger partial charge in [0.15, 0.2) is 0 Å². The van der Waals surface area contributed by atoms with Crippen LogP contribution in [-0.2, 0) is 0 Å². The maximum atomic E-state index is 2.39. The van der Waals surface area contributed by atoms with Crippen LogP contribution in [-0.4, -0.2) is 19.0 Å². The van der Waals surface area contributed by atoms with Crippen LogP contribution in [0.1, 0.15) is 69.2 Å². The van der Waals surface area contributed by atoms with Gasteiger partial charge in [0.25, 0.3) is 0 Å². The van der Waals surface area contributed by atoms with Crippen LogP contribution in [0.4, 0.5) is 0 Å². The molecule has 1 nitrogen and oxygen atoms in total. The average Bonchev–Trinajstić information content (AvgIpc) is 2.26. The van der Waals surface area contributed by atoms with Crippen LogP contribution in [0, 0.1) is 0 Å². The quantitative estimate of drug-likeness (QED) is 0.737. The van der Waals surface area contributed by atoms with Crippen LogP contribution >= 0.6 is 0 Å². The molecule has 0 N–H and O–H groups in total. The van der Waals surface area contributed by atoms with E-state index >= 15 is 0 Å². The van der Waals surface area contributed by atoms with Crippen molar-refractivity contribution in [2.45, 2.75) is 52.5 Å². The molecule has 0 aliphatic carbocycles. The molecule has 0 aliphatic rings. The Bertz CT molecular complexity index is 364. The van der Waals surface area contributed by atoms with Crippen LogP contribution in [0.5, 0.6) is 0 Å². The summed E-state index contributed by atoms with van der Waals surface area (Å²) in [4.78, 5) is 2.28. The average molecular weight is 233 g/mol. The summed E-state index contributed by atoms with van der Waals surface area (Å²) in [7, 11) is 4.30. The number of hydrogen-bond acceptors (Lipinski definition) is 1. The molecule has 0 saturated carbocycles. The summed E-state index contributed by atoms with van der Waals surface area (Å²) in [5, 5.41) is 0. The van der Waals surface area contributed by atoms with E-state index in [1.54, 1.807) is 0 Å². The lowest BCUT2D eigenvalue weighted by molar-refractivity contribution is 0.319. The largest absolute Gasteiger partial charge is 0.303 e. The third-order valence-corrected chi connectivity index (χ3v) is 3.62. The SMILES string of the molecule is CC(C)c1ccc(C(C)C)c(C(C)N(C)C)c1. The maximum absolute atomic E-state index is 2.39. The highest BCUT2D eigenvalue weighted by Gasteiger charge is 2.16. The zero-order chi connectivity index (χ0) is 13.2. The van der Waals surface area contributed by atoms with Gasteiger partial charge < -0.3 is 4.90 Å². The second-order valence-electron chi connectivity index (χ2n) is 5.84. The molecule has 1 rings (SSSR count). The molecule has 0 heterocycles. The van der Waals surface area contributed by atoms with E-state index in [1.807, 2.05) is 0 Å². The molecule has 0 fully saturated rings. The van der Waals surface area contributed by atoms with Gasteiger partial charge in [-0.3, -0.25) is 0 Å². The van der Waals surface area contributed by atoms with Crippen molar-refractivity contribution in [1.29, 1.82) is 0 Å². The molecule has 17 heavy (non-hydrogen) atoms. The molecule has 96 valence electrons. The van der Waals surface area contributed by atoms with Crippen molar-refractivity contribution in [3.8, 4) is 0 Å². The van der Waals surface area contributed by atoms with Gasteiger partial charge in [0.2, 0.25) is 0 Å². The lowest BCUT2D eigenvalue weighted by Crippen LogP contribution is -2.19. The summed E-state index contributed by atoms with van der Waals surface area (Å²) in [6.45, 7) is 11.3. The zero-order valence-corrected chi connectivity index (χ0v) is 12.4. The fraction of sp³-hybridized carbons (Fsp3) is 0.625. The van der Waals surface area contributed by atoms with E-state index in [9.17, 15) is 0 Å². The van der Waals surface area contributed by atoms with E-state index < -0.39 is 0 Å². The molecular weight excluding hydrogens is 206 g/mol. The van der Waals surface area contributed by atoms with Crippen molar-refractivity contribution in [1.82, 2.24) is 4.90 Å². The minimum atomic E-state index is 0.478. The Morgan fingerprint density at radius 2 is 1.41 bits per heavy atom. The lowest BCUT2D eigenvalue weighted by atomic mass is 9.89. The van der Waals surface area contributed by atoms with Crippen LogP contribution < -0.4 is 0 Å². The molecular formula is C16H27N. The molecule has 0 spiro atoms. The van der Waals surface area contributed by atoms with E-state index in [0.717, 1.165) is 0 Å². The lowest BCUT2D eigenvalue weighted by Gasteiger charge is -2.25. The Kier molecular flexibility index (Phi) is 4.76. The normalized spacial score (nSPS) is 13.8. The van der Waals surface area contributed by atoms with Gasteiger partial charge in [0.1, 0.15) is 0 Å². The van der Waals surface area contributed by atoms with E-state index in [1.165, 1.54) is 16.7 Å². The van der Waals surface area contributed by atoms with E-state index in [4.69, 9.17) is 0 Å². The fourth-order valence-corrected chi connectivity index (χ4v) is 2.12. The Morgan fingerprint density at radius 1 is 0.824 bits per heavy atom. The van der Waals surface area contributed by atoms with Crippen LogP contribution in [0.25, 0.3) is 0 Å². The van der Waals surface area contributed by atoms with E-state index in [-0.39, 0.29) is 0 Å². The predicted molar refractivity (Wildman–Crippen MR) is 76.7 cm³/mol. The molecule has 0 radical (unpaired) electrons. The highest BCUT2D eigenvalue weighted by atomic mass is 15.1. The highest BCUT2D eigenvalue weighted by molar-refractivity contribution is 5.37. The number of benzene rings is 1. The van der Waals surface area contributed by atoms with E-state index in [0.29, 0.717) is 17.9 Å². The molecule has 1 aromatic rings. The first-order valence-corrected chi connectivity index (χ1v) is 6.64. The highest BCUT2D eigenvalue weighted by Crippen LogP contribution is 2.30. The molecule has 0 aromatic heterocycles. The topological polar surface area (TPSA) is 3.24 Å². The first kappa shape index (κ1) is 14.2. The number of rotatable bonds is 4. The molecule has 0 amide bonds. The maximum Gasteiger partial charge on any atom is 0.0316 e. The Hall–Kier alpha value is -0.820. The van der Waals surface area contributed by atoms with Gasteiger partial charge in [-0.05, 0) is 49.5 Å². The molecule has 0 saturated heterocycles. The van der Waals surface area contributed by atoms with Gasteiger partial charge in [0, 0.05) is 6.04 Å². The summed E-state index contributed by atoms with van der Waals surface area (Å²) in [5.41, 5.74) is 4.41. The smallest absolute Gasteiger partial charge is 0.0316 e. The van der Waals surface area contributed by atoms with Gasteiger partial charge in [-0.25, -0.2) is 0 Å². The Balaban J connectivity index is 3.25. The second-order valence-corrected chi connectivity index (χ2v) is 5.84. The van der Waals surface area contributed by atoms with Gasteiger partial charge in [-0.1, -0.05) is 45.9 Å². The molecule has 0 bridgehead atoms. The molecule has 1 heteroatoms. The summed E-state index contributed by atoms with van der Waals surface area (Å²) in [6.07, 6.45) is 0. The standard InChI is InChI=1S/C16H27N/c1-11(2)14-8-9-15(12(3)4)16(10-14)13(5)17(6)7/h8-13H,1-7H3. The number of hydrogen-bond donors (Lipinski definition) is 0. The first-order chi connectivity index (χ1) is 7.84. The molecule has 0 aliphatic heterocycles.